The summed E-state index contributed by atoms with van der Waals surface area (Å²) >= 11 is 0. The molecule has 3 aliphatic rings. The molecule has 0 aliphatic carbocycles. The van der Waals surface area contributed by atoms with E-state index in [0.29, 0.717) is 12.8 Å². The van der Waals surface area contributed by atoms with Gasteiger partial charge in [0.05, 0.1) is 151 Å². The minimum Gasteiger partial charge on any atom is -0.548 e. The van der Waals surface area contributed by atoms with Crippen LogP contribution in [0.2, 0.25) is 0 Å². The lowest BCUT2D eigenvalue weighted by molar-refractivity contribution is -0.308. The van der Waals surface area contributed by atoms with Gasteiger partial charge in [0.1, 0.15) is 98.9 Å². The third-order valence-corrected chi connectivity index (χ3v) is 14.9. The summed E-state index contributed by atoms with van der Waals surface area (Å²) in [5, 5.41) is 120. The molecule has 0 unspecified atom stereocenters. The van der Waals surface area contributed by atoms with Gasteiger partial charge in [-0.15, -0.1) is 0 Å². The molecule has 16 N–H and O–H groups in total. The third kappa shape index (κ3) is 36.3. The predicted molar refractivity (Wildman–Crippen MR) is 334 cm³/mol. The summed E-state index contributed by atoms with van der Waals surface area (Å²) in [5.41, 5.74) is 0. The van der Waals surface area contributed by atoms with Crippen LogP contribution in [0.1, 0.15) is 59.3 Å². The highest BCUT2D eigenvalue weighted by Crippen LogP contribution is 2.25. The molecular weight excluding hydrogens is 1350 g/mol. The molecular formula is C60H106N7O33-. The Hall–Kier alpha value is -5.20. The highest BCUT2D eigenvalue weighted by Gasteiger charge is 2.48. The topological polar surface area (TPSA) is 564 Å². The molecule has 0 saturated carbocycles. The number of hydrogen-bond donors (Lipinski definition) is 16. The molecule has 7 amide bonds. The predicted octanol–water partition coefficient (Wildman–Crippen LogP) is -10.7. The van der Waals surface area contributed by atoms with Gasteiger partial charge >= 0.3 is 0 Å². The van der Waals surface area contributed by atoms with Crippen molar-refractivity contribution in [3.63, 3.8) is 0 Å². The highest BCUT2D eigenvalue weighted by molar-refractivity contribution is 5.90. The van der Waals surface area contributed by atoms with Crippen LogP contribution in [0.5, 0.6) is 0 Å². The fourth-order valence-corrected chi connectivity index (χ4v) is 9.85. The summed E-state index contributed by atoms with van der Waals surface area (Å²) in [6.45, 7) is 2.40. The van der Waals surface area contributed by atoms with Crippen molar-refractivity contribution in [1.29, 1.82) is 0 Å². The monoisotopic (exact) mass is 1450 g/mol. The zero-order chi connectivity index (χ0) is 73.6. The second kappa shape index (κ2) is 52.7. The normalized spacial score (nSPS) is 25.8. The van der Waals surface area contributed by atoms with Crippen molar-refractivity contribution < 1.29 is 160 Å². The summed E-state index contributed by atoms with van der Waals surface area (Å²) in [4.78, 5) is 98.6. The van der Waals surface area contributed by atoms with Gasteiger partial charge in [0, 0.05) is 33.9 Å². The molecule has 3 heterocycles. The average Bonchev–Trinajstić information content (AvgIpc) is 0.824. The van der Waals surface area contributed by atoms with Crippen LogP contribution in [0.4, 0.5) is 0 Å². The van der Waals surface area contributed by atoms with Crippen LogP contribution in [0.3, 0.4) is 0 Å². The summed E-state index contributed by atoms with van der Waals surface area (Å²) in [6.07, 6.45) is -14.6. The Morgan fingerprint density at radius 1 is 0.370 bits per heavy atom. The number of carbonyl (C=O) groups excluding carboxylic acids is 8. The number of aliphatic carboxylic acids is 1. The Bertz CT molecular complexity index is 2310. The molecule has 3 fully saturated rings. The van der Waals surface area contributed by atoms with Gasteiger partial charge < -0.3 is 164 Å². The third-order valence-electron chi connectivity index (χ3n) is 14.9. The van der Waals surface area contributed by atoms with Gasteiger partial charge in [-0.1, -0.05) is 0 Å². The van der Waals surface area contributed by atoms with E-state index in [4.69, 9.17) is 71.1 Å². The van der Waals surface area contributed by atoms with E-state index in [1.807, 2.05) is 0 Å². The average molecular weight is 1450 g/mol. The molecule has 0 aromatic rings. The van der Waals surface area contributed by atoms with Gasteiger partial charge in [0.2, 0.25) is 41.4 Å². The van der Waals surface area contributed by atoms with Crippen molar-refractivity contribution in [3.8, 4) is 0 Å². The SMILES string of the molecule is CC(=O)N[C@H]1[C@H](OCCOCCOCCOCC(=O)NCCCC[C@H](NC(=O)[C@H](CCCCNC(=O)COCCOCCOCCO[C@@H]2O[C@H](CO)[C@H](O)[C@H](O)[C@H]2NC(C)=O)NC(=O)COCCOCCOCCO[C@@H]2O[C@H](CO)[C@H](O)[C@H](O)[C@H]2NC(C)=O)C(=O)[O-])O[C@H](CO)[C@H](O)[C@@H]1O. The maximum Gasteiger partial charge on any atom is 0.246 e. The lowest BCUT2D eigenvalue weighted by Gasteiger charge is -2.42. The van der Waals surface area contributed by atoms with Crippen LogP contribution in [0, 0.1) is 0 Å². The Kier molecular flexibility index (Phi) is 46.9. The van der Waals surface area contributed by atoms with E-state index in [1.165, 1.54) is 20.8 Å². The van der Waals surface area contributed by atoms with Crippen LogP contribution >= 0.6 is 0 Å². The molecule has 3 saturated heterocycles. The first-order valence-electron chi connectivity index (χ1n) is 33.1. The van der Waals surface area contributed by atoms with Crippen molar-refractivity contribution >= 4 is 47.3 Å². The maximum absolute atomic E-state index is 13.6. The number of ether oxygens (including phenoxy) is 15. The second-order valence-corrected chi connectivity index (χ2v) is 22.9. The number of carboxylic acids is 1. The van der Waals surface area contributed by atoms with Crippen LogP contribution in [0.15, 0.2) is 0 Å². The molecule has 17 atom stereocenters. The number of rotatable bonds is 56. The number of hydrogen-bond acceptors (Lipinski definition) is 33. The molecule has 0 radical (unpaired) electrons. The van der Waals surface area contributed by atoms with Crippen LogP contribution < -0.4 is 42.3 Å². The number of nitrogens with one attached hydrogen (secondary N) is 7. The minimum atomic E-state index is -1.59. The van der Waals surface area contributed by atoms with Gasteiger partial charge in [-0.25, -0.2) is 0 Å². The standard InChI is InChI=1S/C60H107N7O33/c1-36(71)63-47-53(80)50(77)41(30-68)98-58(47)95-27-24-89-15-12-86-18-21-92-33-44(74)61-10-6-4-8-39(66-46(76)35-94-23-20-88-14-17-91-26-29-97-60-49(65-38(3)73)55(82)52(79)43(32-70)100-60)56(83)67-40(57(84)85)9-5-7-11-62-45(75)34-93-22-19-87-13-16-90-25-28-96-59-48(64-37(2)72)54(81)51(78)42(31-69)99-59/h39-43,47-55,58-60,68-70,77-82H,4-35H2,1-3H3,(H,61,74)(H,62,75)(H,63,71)(H,64,72)(H,65,73)(H,66,76)(H,67,83)(H,84,85)/p-1/t39-,40-,41+,42+,43+,47+,48+,49+,50-,51-,52-,53+,54+,55+,58+,59+,60+/m0/s1. The number of unbranched alkanes of at least 4 members (excludes halogenated alkanes) is 2. The molecule has 40 nitrogen and oxygen atoms in total. The van der Waals surface area contributed by atoms with E-state index in [0.717, 1.165) is 0 Å². The van der Waals surface area contributed by atoms with Gasteiger partial charge in [-0.2, -0.15) is 0 Å². The zero-order valence-electron chi connectivity index (χ0n) is 56.8. The van der Waals surface area contributed by atoms with Crippen molar-refractivity contribution in [2.45, 2.75) is 163 Å². The number of carboxylic acid groups (broad SMARTS) is 1. The summed E-state index contributed by atoms with van der Waals surface area (Å²) in [5.74, 6) is -5.51. The Morgan fingerprint density at radius 2 is 0.650 bits per heavy atom. The molecule has 0 bridgehead atoms. The van der Waals surface area contributed by atoms with Crippen molar-refractivity contribution in [1.82, 2.24) is 37.2 Å². The molecule has 0 aromatic carbocycles. The van der Waals surface area contributed by atoms with Crippen LogP contribution in [-0.4, -0.2) is 369 Å². The van der Waals surface area contributed by atoms with Gasteiger partial charge in [0.25, 0.3) is 0 Å². The Labute approximate surface area is 578 Å². The summed E-state index contributed by atoms with van der Waals surface area (Å²) in [6, 6.07) is -6.01. The maximum atomic E-state index is 13.6. The second-order valence-electron chi connectivity index (χ2n) is 22.9. The first-order valence-corrected chi connectivity index (χ1v) is 33.1. The molecule has 580 valence electrons. The van der Waals surface area contributed by atoms with Crippen LogP contribution in [-0.2, 0) is 109 Å². The first kappa shape index (κ1) is 89.0. The largest absolute Gasteiger partial charge is 0.548 e. The molecule has 40 heteroatoms. The van der Waals surface area contributed by atoms with E-state index >= 15 is 0 Å². The fraction of sp³-hybridized carbons (Fsp3) is 0.867. The number of amides is 7. The molecule has 3 aliphatic heterocycles. The fourth-order valence-electron chi connectivity index (χ4n) is 9.85. The Morgan fingerprint density at radius 3 is 0.940 bits per heavy atom. The lowest BCUT2D eigenvalue weighted by Crippen LogP contribution is -2.64. The van der Waals surface area contributed by atoms with Crippen LogP contribution in [0.25, 0.3) is 0 Å². The van der Waals surface area contributed by atoms with Crippen molar-refractivity contribution in [3.05, 3.63) is 0 Å². The van der Waals surface area contributed by atoms with Gasteiger partial charge in [-0.3, -0.25) is 33.6 Å². The van der Waals surface area contributed by atoms with Crippen molar-refractivity contribution in [2.75, 3.05) is 172 Å². The Balaban J connectivity index is 1.34. The van der Waals surface area contributed by atoms with E-state index in [2.05, 4.69) is 37.2 Å². The number of aliphatic hydroxyl groups is 9. The number of carbonyl (C=O) groups is 8. The lowest BCUT2D eigenvalue weighted by atomic mass is 9.97. The zero-order valence-corrected chi connectivity index (χ0v) is 56.8. The minimum absolute atomic E-state index is 0.0129. The summed E-state index contributed by atoms with van der Waals surface area (Å²) < 4.78 is 82.1. The summed E-state index contributed by atoms with van der Waals surface area (Å²) in [7, 11) is 0. The van der Waals surface area contributed by atoms with Gasteiger partial charge in [-0.05, 0) is 38.5 Å². The molecule has 3 rings (SSSR count). The quantitative estimate of drug-likeness (QED) is 0.0251. The molecule has 0 aromatic heterocycles. The molecule has 100 heavy (non-hydrogen) atoms. The van der Waals surface area contributed by atoms with E-state index in [-0.39, 0.29) is 171 Å². The molecule has 0 spiro atoms. The number of aliphatic hydroxyl groups excluding tert-OH is 9. The van der Waals surface area contributed by atoms with E-state index in [1.54, 1.807) is 0 Å². The van der Waals surface area contributed by atoms with Gasteiger partial charge in [0.15, 0.2) is 18.9 Å². The van der Waals surface area contributed by atoms with E-state index < -0.39 is 178 Å². The highest BCUT2D eigenvalue weighted by atomic mass is 16.7. The smallest absolute Gasteiger partial charge is 0.246 e. The first-order chi connectivity index (χ1) is 48.0. The van der Waals surface area contributed by atoms with E-state index in [9.17, 15) is 89.4 Å². The van der Waals surface area contributed by atoms with Crippen molar-refractivity contribution in [2.24, 2.45) is 0 Å².